The van der Waals surface area contributed by atoms with Gasteiger partial charge in [-0.3, -0.25) is 14.4 Å². The van der Waals surface area contributed by atoms with Crippen LogP contribution < -0.4 is 4.90 Å². The van der Waals surface area contributed by atoms with Crippen LogP contribution in [0.3, 0.4) is 0 Å². The van der Waals surface area contributed by atoms with Gasteiger partial charge in [-0.15, -0.1) is 0 Å². The Morgan fingerprint density at radius 3 is 1.76 bits per heavy atom. The molecule has 38 heavy (non-hydrogen) atoms. The highest BCUT2D eigenvalue weighted by molar-refractivity contribution is 6.09. The van der Waals surface area contributed by atoms with Crippen LogP contribution in [0, 0.1) is 5.92 Å². The summed E-state index contributed by atoms with van der Waals surface area (Å²) in [6, 6.07) is 25.9. The number of piperidine rings is 1. The van der Waals surface area contributed by atoms with E-state index in [2.05, 4.69) is 16.8 Å². The average Bonchev–Trinajstić information content (AvgIpc) is 3.50. The number of nitrogens with zero attached hydrogens (tertiary/aromatic N) is 1. The van der Waals surface area contributed by atoms with Crippen molar-refractivity contribution in [2.75, 3.05) is 18.0 Å². The van der Waals surface area contributed by atoms with Gasteiger partial charge >= 0.3 is 0 Å². The van der Waals surface area contributed by atoms with Crippen molar-refractivity contribution in [3.05, 3.63) is 125 Å². The lowest BCUT2D eigenvalue weighted by Crippen LogP contribution is -2.32. The van der Waals surface area contributed by atoms with Gasteiger partial charge < -0.3 is 9.88 Å². The minimum Gasteiger partial charge on any atom is -0.372 e. The number of carbonyl (C=O) groups is 3. The second-order valence-electron chi connectivity index (χ2n) is 10.2. The zero-order valence-electron chi connectivity index (χ0n) is 21.7. The summed E-state index contributed by atoms with van der Waals surface area (Å²) < 4.78 is 0. The van der Waals surface area contributed by atoms with E-state index in [1.54, 1.807) is 42.6 Å². The van der Waals surface area contributed by atoms with Gasteiger partial charge in [-0.2, -0.15) is 0 Å². The summed E-state index contributed by atoms with van der Waals surface area (Å²) in [5.41, 5.74) is 5.32. The van der Waals surface area contributed by atoms with Crippen molar-refractivity contribution >= 4 is 23.0 Å². The molecule has 5 heteroatoms. The Kier molecular flexibility index (Phi) is 7.64. The van der Waals surface area contributed by atoms with Crippen molar-refractivity contribution in [1.82, 2.24) is 4.98 Å². The van der Waals surface area contributed by atoms with Gasteiger partial charge in [-0.1, -0.05) is 55.5 Å². The Labute approximate surface area is 223 Å². The van der Waals surface area contributed by atoms with E-state index in [1.165, 1.54) is 18.5 Å². The highest BCUT2D eigenvalue weighted by Gasteiger charge is 2.17. The molecule has 3 aromatic carbocycles. The van der Waals surface area contributed by atoms with Crippen LogP contribution in [0.5, 0.6) is 0 Å². The van der Waals surface area contributed by atoms with E-state index in [0.717, 1.165) is 30.1 Å². The molecule has 0 unspecified atom stereocenters. The fraction of sp³-hybridized carbons (Fsp3) is 0.242. The number of nitrogens with one attached hydrogen (secondary N) is 1. The number of ketones is 3. The molecule has 1 saturated heterocycles. The maximum Gasteiger partial charge on any atom is 0.193 e. The van der Waals surface area contributed by atoms with E-state index in [-0.39, 0.29) is 23.8 Å². The summed E-state index contributed by atoms with van der Waals surface area (Å²) in [7, 11) is 0. The smallest absolute Gasteiger partial charge is 0.193 e. The number of aromatic amines is 1. The Morgan fingerprint density at radius 1 is 0.711 bits per heavy atom. The van der Waals surface area contributed by atoms with Gasteiger partial charge in [-0.05, 0) is 66.3 Å². The molecule has 1 fully saturated rings. The summed E-state index contributed by atoms with van der Waals surface area (Å²) in [5.74, 6) is 0.763. The van der Waals surface area contributed by atoms with Gasteiger partial charge in [0.15, 0.2) is 17.3 Å². The molecule has 192 valence electrons. The summed E-state index contributed by atoms with van der Waals surface area (Å²) in [6.07, 6.45) is 4.71. The Bertz CT molecular complexity index is 1390. The van der Waals surface area contributed by atoms with Gasteiger partial charge in [-0.25, -0.2) is 0 Å². The summed E-state index contributed by atoms with van der Waals surface area (Å²) in [4.78, 5) is 43.4. The number of carbonyl (C=O) groups excluding carboxylic acids is 3. The molecule has 1 aliphatic rings. The van der Waals surface area contributed by atoms with Crippen molar-refractivity contribution in [3.8, 4) is 0 Å². The predicted octanol–water partition coefficient (Wildman–Crippen LogP) is 6.33. The van der Waals surface area contributed by atoms with Crippen LogP contribution >= 0.6 is 0 Å². The normalized spacial score (nSPS) is 13.9. The van der Waals surface area contributed by atoms with E-state index < -0.39 is 0 Å². The molecule has 0 bridgehead atoms. The van der Waals surface area contributed by atoms with Gasteiger partial charge in [0, 0.05) is 54.5 Å². The van der Waals surface area contributed by atoms with Gasteiger partial charge in [0.05, 0.1) is 5.69 Å². The van der Waals surface area contributed by atoms with Crippen LogP contribution in [0.15, 0.2) is 91.1 Å². The second kappa shape index (κ2) is 11.4. The third-order valence-electron chi connectivity index (χ3n) is 7.40. The Balaban J connectivity index is 1.17. The molecule has 5 nitrogen and oxygen atoms in total. The first-order valence-corrected chi connectivity index (χ1v) is 13.2. The van der Waals surface area contributed by atoms with Crippen LogP contribution in [-0.4, -0.2) is 35.4 Å². The molecule has 0 aliphatic carbocycles. The highest BCUT2D eigenvalue weighted by Crippen LogP contribution is 2.24. The molecule has 2 heterocycles. The molecule has 1 aliphatic heterocycles. The van der Waals surface area contributed by atoms with Crippen molar-refractivity contribution in [2.45, 2.75) is 32.6 Å². The molecular weight excluding hydrogens is 472 g/mol. The summed E-state index contributed by atoms with van der Waals surface area (Å²) in [5, 5.41) is 0. The molecule has 0 amide bonds. The highest BCUT2D eigenvalue weighted by atomic mass is 16.1. The lowest BCUT2D eigenvalue weighted by Gasteiger charge is -2.32. The zero-order chi connectivity index (χ0) is 26.5. The Hall–Kier alpha value is -4.25. The number of hydrogen-bond acceptors (Lipinski definition) is 4. The number of rotatable bonds is 9. The summed E-state index contributed by atoms with van der Waals surface area (Å²) >= 11 is 0. The number of benzene rings is 3. The van der Waals surface area contributed by atoms with E-state index in [0.29, 0.717) is 28.8 Å². The molecule has 0 spiro atoms. The van der Waals surface area contributed by atoms with Crippen LogP contribution in [0.4, 0.5) is 5.69 Å². The maximum absolute atomic E-state index is 13.0. The molecular formula is C33H32N2O3. The van der Waals surface area contributed by atoms with Crippen molar-refractivity contribution < 1.29 is 14.4 Å². The van der Waals surface area contributed by atoms with Gasteiger partial charge in [0.2, 0.25) is 0 Å². The van der Waals surface area contributed by atoms with Crippen LogP contribution in [0.2, 0.25) is 0 Å². The molecule has 0 saturated carbocycles. The van der Waals surface area contributed by atoms with E-state index >= 15 is 0 Å². The van der Waals surface area contributed by atoms with Crippen LogP contribution in [0.1, 0.15) is 67.7 Å². The fourth-order valence-electron chi connectivity index (χ4n) is 4.91. The molecule has 1 N–H and O–H groups in total. The molecule has 5 rings (SSSR count). The monoisotopic (exact) mass is 504 g/mol. The first-order valence-electron chi connectivity index (χ1n) is 13.2. The van der Waals surface area contributed by atoms with Crippen molar-refractivity contribution in [2.24, 2.45) is 5.92 Å². The van der Waals surface area contributed by atoms with Gasteiger partial charge in [0.1, 0.15) is 0 Å². The predicted molar refractivity (Wildman–Crippen MR) is 150 cm³/mol. The maximum atomic E-state index is 13.0. The minimum absolute atomic E-state index is 0.00631. The number of H-pyrrole nitrogens is 1. The Morgan fingerprint density at radius 2 is 1.24 bits per heavy atom. The lowest BCUT2D eigenvalue weighted by molar-refractivity contribution is 0.0982. The minimum atomic E-state index is -0.0900. The molecule has 4 aromatic rings. The van der Waals surface area contributed by atoms with E-state index in [1.807, 2.05) is 48.5 Å². The third kappa shape index (κ3) is 6.00. The molecule has 0 atom stereocenters. The first kappa shape index (κ1) is 25.4. The fourth-order valence-corrected chi connectivity index (χ4v) is 4.91. The van der Waals surface area contributed by atoms with Crippen LogP contribution in [0.25, 0.3) is 0 Å². The average molecular weight is 505 g/mol. The van der Waals surface area contributed by atoms with E-state index in [4.69, 9.17) is 0 Å². The first-order chi connectivity index (χ1) is 18.5. The quantitative estimate of drug-likeness (QED) is 0.270. The topological polar surface area (TPSA) is 70.2 Å². The van der Waals surface area contributed by atoms with Gasteiger partial charge in [0.25, 0.3) is 0 Å². The third-order valence-corrected chi connectivity index (χ3v) is 7.40. The van der Waals surface area contributed by atoms with Crippen molar-refractivity contribution in [1.29, 1.82) is 0 Å². The summed E-state index contributed by atoms with van der Waals surface area (Å²) in [6.45, 7) is 4.44. The van der Waals surface area contributed by atoms with E-state index in [9.17, 15) is 14.4 Å². The largest absolute Gasteiger partial charge is 0.372 e. The second-order valence-corrected chi connectivity index (χ2v) is 10.2. The lowest BCUT2D eigenvalue weighted by atomic mass is 9.97. The van der Waals surface area contributed by atoms with Crippen LogP contribution in [-0.2, 0) is 12.8 Å². The molecule has 0 radical (unpaired) electrons. The zero-order valence-corrected chi connectivity index (χ0v) is 21.7. The van der Waals surface area contributed by atoms with Crippen molar-refractivity contribution in [3.63, 3.8) is 0 Å². The molecule has 1 aromatic heterocycles. The number of anilines is 1. The number of hydrogen-bond donors (Lipinski definition) is 1. The number of aromatic nitrogens is 1. The SMILES string of the molecule is CC1CCN(c2ccc(C(=O)Cc3ccc(C(=O)c4ccc(CC(=O)c5ccc[nH]5)cc4)cc3)cc2)CC1. The standard InChI is InChI=1S/C33H32N2O3/c1-23-16-19-35(20-17-23)29-14-12-26(13-15-29)31(36)21-24-4-8-27(9-5-24)33(38)28-10-6-25(7-11-28)22-32(37)30-3-2-18-34-30/h2-15,18,23,34H,16-17,19-22H2,1H3. The number of Topliss-reactive ketones (excluding diaryl/α,β-unsaturated/α-hetero) is 2.